The smallest absolute Gasteiger partial charge is 0.381 e. The first-order chi connectivity index (χ1) is 22.9. The van der Waals surface area contributed by atoms with E-state index in [9.17, 15) is 14.3 Å². The van der Waals surface area contributed by atoms with Crippen LogP contribution >= 0.6 is 11.3 Å². The molecule has 3 unspecified atom stereocenters. The quantitative estimate of drug-likeness (QED) is 0.126. The van der Waals surface area contributed by atoms with Crippen LogP contribution in [0.25, 0.3) is 11.3 Å². The lowest BCUT2D eigenvalue weighted by Gasteiger charge is -2.32. The molecule has 2 heterocycles. The molecule has 0 aliphatic carbocycles. The molecule has 0 radical (unpaired) electrons. The van der Waals surface area contributed by atoms with E-state index in [0.717, 1.165) is 34.4 Å². The monoisotopic (exact) mass is 671 g/mol. The van der Waals surface area contributed by atoms with Crippen LogP contribution in [-0.4, -0.2) is 31.9 Å². The number of halogens is 2. The van der Waals surface area contributed by atoms with Crippen LogP contribution in [0.1, 0.15) is 65.4 Å². The summed E-state index contributed by atoms with van der Waals surface area (Å²) in [6.07, 6.45) is 2.69. The Labute approximate surface area is 281 Å². The number of nitrogens with two attached hydrogens (primary N) is 1. The van der Waals surface area contributed by atoms with Crippen molar-refractivity contribution in [2.45, 2.75) is 71.2 Å². The van der Waals surface area contributed by atoms with Crippen LogP contribution in [0, 0.1) is 36.8 Å². The summed E-state index contributed by atoms with van der Waals surface area (Å²) in [6.45, 7) is 7.58. The molecule has 0 saturated carbocycles. The Morgan fingerprint density at radius 2 is 1.85 bits per heavy atom. The highest BCUT2D eigenvalue weighted by Gasteiger charge is 2.44. The van der Waals surface area contributed by atoms with Gasteiger partial charge in [0.15, 0.2) is 0 Å². The number of aryl methyl sites for hydroxylation is 2. The predicted octanol–water partition coefficient (Wildman–Crippen LogP) is 5.83. The molecule has 0 amide bonds. The molecular formula is C36H37F2N6O3S+. The van der Waals surface area contributed by atoms with E-state index in [2.05, 4.69) is 11.2 Å². The zero-order valence-electron chi connectivity index (χ0n) is 27.2. The first-order valence-electron chi connectivity index (χ1n) is 15.5. The van der Waals surface area contributed by atoms with Crippen LogP contribution in [0.3, 0.4) is 0 Å². The Morgan fingerprint density at radius 3 is 2.50 bits per heavy atom. The Morgan fingerprint density at radius 1 is 1.15 bits per heavy atom. The summed E-state index contributed by atoms with van der Waals surface area (Å²) in [7, 11) is 0. The topological polar surface area (TPSA) is 131 Å². The number of rotatable bonds is 12. The van der Waals surface area contributed by atoms with E-state index in [4.69, 9.17) is 20.7 Å². The van der Waals surface area contributed by atoms with Gasteiger partial charge in [0.1, 0.15) is 36.4 Å². The van der Waals surface area contributed by atoms with Crippen molar-refractivity contribution in [2.75, 3.05) is 0 Å². The van der Waals surface area contributed by atoms with Crippen molar-refractivity contribution in [3.63, 3.8) is 0 Å². The molecule has 0 fully saturated rings. The second-order valence-electron chi connectivity index (χ2n) is 12.1. The maximum absolute atomic E-state index is 15.5. The molecule has 12 heteroatoms. The molecule has 0 saturated heterocycles. The average molecular weight is 672 g/mol. The summed E-state index contributed by atoms with van der Waals surface area (Å²) in [4.78, 5) is 17.6. The van der Waals surface area contributed by atoms with E-state index >= 15 is 4.39 Å². The lowest BCUT2D eigenvalue weighted by atomic mass is 9.82. The van der Waals surface area contributed by atoms with E-state index in [-0.39, 0.29) is 24.7 Å². The molecule has 2 aromatic heterocycles. The maximum atomic E-state index is 15.5. The van der Waals surface area contributed by atoms with Crippen molar-refractivity contribution in [3.05, 3.63) is 117 Å². The first-order valence-corrected chi connectivity index (χ1v) is 16.4. The Bertz CT molecular complexity index is 1950. The summed E-state index contributed by atoms with van der Waals surface area (Å²) < 4.78 is 38.2. The second kappa shape index (κ2) is 14.5. The van der Waals surface area contributed by atoms with Gasteiger partial charge >= 0.3 is 12.0 Å². The third-order valence-electron chi connectivity index (χ3n) is 8.18. The van der Waals surface area contributed by atoms with Crippen molar-refractivity contribution in [1.82, 2.24) is 14.8 Å². The van der Waals surface area contributed by atoms with E-state index in [1.807, 2.05) is 44.4 Å². The number of carbonyl (C=O) groups is 1. The number of nitriles is 1. The highest BCUT2D eigenvalue weighted by Crippen LogP contribution is 2.41. The number of aromatic nitrogens is 4. The molecule has 0 aliphatic rings. The zero-order valence-corrected chi connectivity index (χ0v) is 28.0. The van der Waals surface area contributed by atoms with Crippen molar-refractivity contribution in [3.8, 4) is 23.3 Å². The summed E-state index contributed by atoms with van der Waals surface area (Å²) in [6, 6.07) is 17.2. The van der Waals surface area contributed by atoms with Gasteiger partial charge in [-0.2, -0.15) is 9.83 Å². The molecule has 5 aromatic rings. The van der Waals surface area contributed by atoms with Crippen LogP contribution in [0.2, 0.25) is 0 Å². The molecular weight excluding hydrogens is 634 g/mol. The Hall–Kier alpha value is -4.83. The van der Waals surface area contributed by atoms with Gasteiger partial charge in [-0.15, -0.1) is 16.0 Å². The van der Waals surface area contributed by atoms with Crippen LogP contribution in [0.15, 0.2) is 72.4 Å². The lowest BCUT2D eigenvalue weighted by Crippen LogP contribution is -2.40. The van der Waals surface area contributed by atoms with E-state index in [1.54, 1.807) is 42.1 Å². The number of carbonyl (C=O) groups excluding carboxylic acids is 1. The fraction of sp³-hybridized carbons (Fsp3) is 0.306. The average Bonchev–Trinajstić information content (AvgIpc) is 3.67. The number of nitrogens with zero attached hydrogens (tertiary/aromatic N) is 5. The summed E-state index contributed by atoms with van der Waals surface area (Å²) >= 11 is 1.28. The highest BCUT2D eigenvalue weighted by molar-refractivity contribution is 7.10. The molecule has 0 bridgehead atoms. The molecule has 0 aliphatic heterocycles. The van der Waals surface area contributed by atoms with E-state index in [1.165, 1.54) is 22.1 Å². The van der Waals surface area contributed by atoms with E-state index in [0.29, 0.717) is 29.1 Å². The normalized spacial score (nSPS) is 13.8. The third-order valence-corrected chi connectivity index (χ3v) is 9.21. The number of aliphatic hydroxyl groups is 1. The number of benzene rings is 3. The second-order valence-corrected chi connectivity index (χ2v) is 13.0. The lowest BCUT2D eigenvalue weighted by molar-refractivity contribution is -0.692. The molecule has 3 aromatic carbocycles. The van der Waals surface area contributed by atoms with E-state index < -0.39 is 35.2 Å². The largest absolute Gasteiger partial charge is 0.476 e. The fourth-order valence-corrected chi connectivity index (χ4v) is 6.67. The van der Waals surface area contributed by atoms with Gasteiger partial charge in [-0.1, -0.05) is 67.8 Å². The number of hydrogen-bond acceptors (Lipinski definition) is 8. The molecule has 9 nitrogen and oxygen atoms in total. The predicted molar refractivity (Wildman–Crippen MR) is 177 cm³/mol. The minimum atomic E-state index is -1.98. The van der Waals surface area contributed by atoms with Crippen LogP contribution in [0.5, 0.6) is 6.01 Å². The molecule has 5 rings (SSSR count). The van der Waals surface area contributed by atoms with Crippen LogP contribution < -0.4 is 15.0 Å². The van der Waals surface area contributed by atoms with Gasteiger partial charge in [-0.25, -0.2) is 18.6 Å². The summed E-state index contributed by atoms with van der Waals surface area (Å²) in [5, 5.41) is 28.4. The maximum Gasteiger partial charge on any atom is 0.476 e. The number of esters is 1. The molecule has 3 N–H and O–H groups in total. The SMILES string of the molecule is CCCC(N)C(=O)Oc1nn(CC(O)(c2ccc(F)cc2F)C(C)c2nc(-c3ccc(C#N)cc3)cs2)c[n+]1Cc1cc(C)cc(C)c1. The van der Waals surface area contributed by atoms with Gasteiger partial charge in [0.2, 0.25) is 6.33 Å². The zero-order chi connectivity index (χ0) is 34.6. The third kappa shape index (κ3) is 7.65. The minimum absolute atomic E-state index is 0.0438. The van der Waals surface area contributed by atoms with Crippen molar-refractivity contribution in [2.24, 2.45) is 5.73 Å². The Balaban J connectivity index is 1.55. The first kappa shape index (κ1) is 34.5. The van der Waals surface area contributed by atoms with Gasteiger partial charge in [0.05, 0.1) is 27.4 Å². The molecule has 3 atom stereocenters. The standard InChI is InChI=1S/C36H37F2N6O3S/c1-5-6-31(40)34(45)47-35-42-44(21-43(35)18-26-14-22(2)13-23(3)15-26)20-36(46,29-12-11-28(37)16-30(29)38)24(4)33-41-32(19-48-33)27-9-7-25(17-39)8-10-27/h7-16,19,21,24,31,46H,5-6,18,20,40H2,1-4H3/q+1. The number of hydrogen-bond donors (Lipinski definition) is 2. The highest BCUT2D eigenvalue weighted by atomic mass is 32.1. The van der Waals surface area contributed by atoms with Gasteiger partial charge < -0.3 is 15.6 Å². The molecule has 0 spiro atoms. The summed E-state index contributed by atoms with van der Waals surface area (Å²) in [5.74, 6) is -3.18. The van der Waals surface area contributed by atoms with Gasteiger partial charge in [-0.3, -0.25) is 0 Å². The minimum Gasteiger partial charge on any atom is -0.381 e. The Kier molecular flexibility index (Phi) is 10.4. The molecule has 48 heavy (non-hydrogen) atoms. The van der Waals surface area contributed by atoms with Crippen molar-refractivity contribution >= 4 is 17.3 Å². The fourth-order valence-electron chi connectivity index (χ4n) is 5.70. The van der Waals surface area contributed by atoms with Crippen LogP contribution in [0.4, 0.5) is 8.78 Å². The van der Waals surface area contributed by atoms with Crippen molar-refractivity contribution < 1.29 is 28.0 Å². The number of thiazole rings is 1. The van der Waals surface area contributed by atoms with Gasteiger partial charge in [0, 0.05) is 28.5 Å². The number of ether oxygens (including phenoxy) is 1. The molecule has 248 valence electrons. The van der Waals surface area contributed by atoms with Crippen molar-refractivity contribution in [1.29, 1.82) is 5.26 Å². The van der Waals surface area contributed by atoms with Crippen LogP contribution in [-0.2, 0) is 23.5 Å². The van der Waals surface area contributed by atoms with Gasteiger partial charge in [0.25, 0.3) is 0 Å². The van der Waals surface area contributed by atoms with Gasteiger partial charge in [-0.05, 0) is 44.0 Å². The summed E-state index contributed by atoms with van der Waals surface area (Å²) in [5.41, 5.74) is 8.85.